The Kier molecular flexibility index (Phi) is 4.41. The summed E-state index contributed by atoms with van der Waals surface area (Å²) >= 11 is 0. The first-order valence-electron chi connectivity index (χ1n) is 7.75. The van der Waals surface area contributed by atoms with Crippen LogP contribution in [-0.2, 0) is 11.3 Å². The van der Waals surface area contributed by atoms with Crippen LogP contribution in [0.1, 0.15) is 18.4 Å². The maximum atomic E-state index is 12.3. The molecule has 2 aliphatic rings. The summed E-state index contributed by atoms with van der Waals surface area (Å²) in [5, 5.41) is 12.8. The van der Waals surface area contributed by atoms with Crippen LogP contribution in [0.3, 0.4) is 0 Å². The van der Waals surface area contributed by atoms with Crippen molar-refractivity contribution in [2.45, 2.75) is 25.4 Å². The van der Waals surface area contributed by atoms with E-state index in [0.29, 0.717) is 5.75 Å². The minimum absolute atomic E-state index is 0.0441. The predicted molar refractivity (Wildman–Crippen MR) is 81.0 cm³/mol. The lowest BCUT2D eigenvalue weighted by atomic mass is 10.1. The van der Waals surface area contributed by atoms with Crippen LogP contribution in [0.15, 0.2) is 24.3 Å². The first-order chi connectivity index (χ1) is 10.2. The minimum Gasteiger partial charge on any atom is -0.508 e. The molecule has 0 aromatic heterocycles. The molecule has 2 saturated heterocycles. The molecule has 5 nitrogen and oxygen atoms in total. The Labute approximate surface area is 125 Å². The number of nitrogens with zero attached hydrogens (tertiary/aromatic N) is 2. The third-order valence-electron chi connectivity index (χ3n) is 4.36. The van der Waals surface area contributed by atoms with Crippen molar-refractivity contribution in [2.24, 2.45) is 0 Å². The second-order valence-electron chi connectivity index (χ2n) is 5.92. The number of phenolic OH excluding ortho intramolecular Hbond substituents is 1. The summed E-state index contributed by atoms with van der Waals surface area (Å²) in [6.07, 6.45) is 2.08. The molecule has 21 heavy (non-hydrogen) atoms. The highest BCUT2D eigenvalue weighted by Gasteiger charge is 2.29. The Morgan fingerprint density at radius 2 is 2.10 bits per heavy atom. The molecule has 0 unspecified atom stereocenters. The zero-order chi connectivity index (χ0) is 14.7. The number of carbonyl (C=O) groups excluding carboxylic acids is 1. The highest BCUT2D eigenvalue weighted by molar-refractivity contribution is 5.82. The lowest BCUT2D eigenvalue weighted by molar-refractivity contribution is -0.134. The van der Waals surface area contributed by atoms with E-state index in [1.807, 2.05) is 17.0 Å². The number of hydrogen-bond donors (Lipinski definition) is 2. The Morgan fingerprint density at radius 3 is 2.76 bits per heavy atom. The number of rotatable bonds is 3. The van der Waals surface area contributed by atoms with Crippen LogP contribution in [0.2, 0.25) is 0 Å². The van der Waals surface area contributed by atoms with Crippen LogP contribution in [0.25, 0.3) is 0 Å². The number of carbonyl (C=O) groups is 1. The van der Waals surface area contributed by atoms with Gasteiger partial charge in [-0.05, 0) is 37.1 Å². The molecule has 114 valence electrons. The van der Waals surface area contributed by atoms with Gasteiger partial charge in [-0.3, -0.25) is 9.69 Å². The second kappa shape index (κ2) is 6.45. The summed E-state index contributed by atoms with van der Waals surface area (Å²) in [7, 11) is 0. The molecular formula is C16H23N3O2. The number of benzene rings is 1. The lowest BCUT2D eigenvalue weighted by Gasteiger charge is -2.36. The minimum atomic E-state index is 0.0441. The predicted octanol–water partition coefficient (Wildman–Crippen LogP) is 0.788. The fourth-order valence-corrected chi connectivity index (χ4v) is 3.16. The van der Waals surface area contributed by atoms with Crippen LogP contribution in [0.5, 0.6) is 5.75 Å². The highest BCUT2D eigenvalue weighted by atomic mass is 16.3. The molecule has 1 aromatic rings. The maximum absolute atomic E-state index is 12.3. The first kappa shape index (κ1) is 14.4. The van der Waals surface area contributed by atoms with Gasteiger partial charge in [0.15, 0.2) is 0 Å². The van der Waals surface area contributed by atoms with E-state index >= 15 is 0 Å². The van der Waals surface area contributed by atoms with Gasteiger partial charge in [0.25, 0.3) is 0 Å². The van der Waals surface area contributed by atoms with Crippen LogP contribution < -0.4 is 5.32 Å². The second-order valence-corrected chi connectivity index (χ2v) is 5.92. The van der Waals surface area contributed by atoms with Gasteiger partial charge in [0.2, 0.25) is 5.91 Å². The van der Waals surface area contributed by atoms with Gasteiger partial charge in [-0.2, -0.15) is 0 Å². The van der Waals surface area contributed by atoms with E-state index in [1.54, 1.807) is 12.1 Å². The van der Waals surface area contributed by atoms with Crippen LogP contribution in [-0.4, -0.2) is 59.6 Å². The van der Waals surface area contributed by atoms with Gasteiger partial charge >= 0.3 is 0 Å². The van der Waals surface area contributed by atoms with Crippen molar-refractivity contribution in [3.8, 4) is 5.75 Å². The normalized spacial score (nSPS) is 23.4. The summed E-state index contributed by atoms with van der Waals surface area (Å²) < 4.78 is 0. The largest absolute Gasteiger partial charge is 0.508 e. The molecule has 0 spiro atoms. The van der Waals surface area contributed by atoms with Gasteiger partial charge in [0.1, 0.15) is 5.75 Å². The monoisotopic (exact) mass is 289 g/mol. The van der Waals surface area contributed by atoms with Crippen molar-refractivity contribution in [3.05, 3.63) is 29.8 Å². The van der Waals surface area contributed by atoms with E-state index in [0.717, 1.165) is 57.7 Å². The number of nitrogens with one attached hydrogen (secondary N) is 1. The van der Waals surface area contributed by atoms with Crippen molar-refractivity contribution >= 4 is 5.91 Å². The zero-order valence-corrected chi connectivity index (χ0v) is 12.3. The van der Waals surface area contributed by atoms with Crippen molar-refractivity contribution in [3.63, 3.8) is 0 Å². The summed E-state index contributed by atoms with van der Waals surface area (Å²) in [4.78, 5) is 16.6. The Balaban J connectivity index is 1.49. The molecule has 0 saturated carbocycles. The SMILES string of the molecule is O=C([C@@H]1CCCN1)N1CCN(Cc2cccc(O)c2)CC1. The summed E-state index contributed by atoms with van der Waals surface area (Å²) in [5.41, 5.74) is 1.12. The van der Waals surface area contributed by atoms with Crippen LogP contribution in [0.4, 0.5) is 0 Å². The van der Waals surface area contributed by atoms with Crippen LogP contribution in [0, 0.1) is 0 Å². The first-order valence-corrected chi connectivity index (χ1v) is 7.75. The summed E-state index contributed by atoms with van der Waals surface area (Å²) in [6.45, 7) is 5.19. The molecule has 3 rings (SSSR count). The molecular weight excluding hydrogens is 266 g/mol. The number of amides is 1. The van der Waals surface area contributed by atoms with Crippen molar-refractivity contribution in [1.29, 1.82) is 0 Å². The van der Waals surface area contributed by atoms with Crippen molar-refractivity contribution < 1.29 is 9.90 Å². The van der Waals surface area contributed by atoms with Gasteiger partial charge in [-0.15, -0.1) is 0 Å². The highest BCUT2D eigenvalue weighted by Crippen LogP contribution is 2.15. The smallest absolute Gasteiger partial charge is 0.239 e. The van der Waals surface area contributed by atoms with Gasteiger partial charge in [0.05, 0.1) is 6.04 Å². The van der Waals surface area contributed by atoms with Gasteiger partial charge in [-0.25, -0.2) is 0 Å². The molecule has 2 fully saturated rings. The molecule has 0 aliphatic carbocycles. The Morgan fingerprint density at radius 1 is 1.29 bits per heavy atom. The van der Waals surface area contributed by atoms with Gasteiger partial charge < -0.3 is 15.3 Å². The Bertz CT molecular complexity index is 492. The topological polar surface area (TPSA) is 55.8 Å². The average Bonchev–Trinajstić information content (AvgIpc) is 3.01. The lowest BCUT2D eigenvalue weighted by Crippen LogP contribution is -2.52. The van der Waals surface area contributed by atoms with E-state index in [4.69, 9.17) is 0 Å². The van der Waals surface area contributed by atoms with E-state index in [1.165, 1.54) is 0 Å². The molecule has 1 aromatic carbocycles. The molecule has 1 atom stereocenters. The molecule has 1 amide bonds. The molecule has 5 heteroatoms. The maximum Gasteiger partial charge on any atom is 0.239 e. The van der Waals surface area contributed by atoms with E-state index in [9.17, 15) is 9.90 Å². The zero-order valence-electron chi connectivity index (χ0n) is 12.3. The number of hydrogen-bond acceptors (Lipinski definition) is 4. The van der Waals surface area contributed by atoms with E-state index in [2.05, 4.69) is 10.2 Å². The molecule has 2 heterocycles. The van der Waals surface area contributed by atoms with E-state index in [-0.39, 0.29) is 11.9 Å². The third-order valence-corrected chi connectivity index (χ3v) is 4.36. The summed E-state index contributed by atoms with van der Waals surface area (Å²) in [5.74, 6) is 0.582. The fraction of sp³-hybridized carbons (Fsp3) is 0.562. The van der Waals surface area contributed by atoms with Gasteiger partial charge in [0, 0.05) is 32.7 Å². The number of piperazine rings is 1. The van der Waals surface area contributed by atoms with Gasteiger partial charge in [-0.1, -0.05) is 12.1 Å². The average molecular weight is 289 g/mol. The Hall–Kier alpha value is -1.59. The number of aromatic hydroxyl groups is 1. The van der Waals surface area contributed by atoms with Crippen molar-refractivity contribution in [1.82, 2.24) is 15.1 Å². The summed E-state index contributed by atoms with van der Waals surface area (Å²) in [6, 6.07) is 7.44. The molecule has 2 aliphatic heterocycles. The third kappa shape index (κ3) is 3.54. The van der Waals surface area contributed by atoms with E-state index < -0.39 is 0 Å². The fourth-order valence-electron chi connectivity index (χ4n) is 3.16. The number of phenols is 1. The van der Waals surface area contributed by atoms with Crippen molar-refractivity contribution in [2.75, 3.05) is 32.7 Å². The molecule has 0 radical (unpaired) electrons. The quantitative estimate of drug-likeness (QED) is 0.864. The molecule has 2 N–H and O–H groups in total. The standard InChI is InChI=1S/C16H23N3O2/c20-14-4-1-3-13(11-14)12-18-7-9-19(10-8-18)16(21)15-5-2-6-17-15/h1,3-4,11,15,17,20H,2,5-10,12H2/t15-/m0/s1. The van der Waals surface area contributed by atoms with Crippen LogP contribution >= 0.6 is 0 Å². The molecule has 0 bridgehead atoms.